The third kappa shape index (κ3) is 2.71. The maximum Gasteiger partial charge on any atom is 0.255 e. The summed E-state index contributed by atoms with van der Waals surface area (Å²) < 4.78 is 3.57. The lowest BCUT2D eigenvalue weighted by Gasteiger charge is -2.29. The Hall–Kier alpha value is -3.82. The quantitative estimate of drug-likeness (QED) is 0.643. The second-order valence-electron chi connectivity index (χ2n) is 7.50. The van der Waals surface area contributed by atoms with E-state index in [0.29, 0.717) is 17.7 Å². The molecule has 0 bridgehead atoms. The van der Waals surface area contributed by atoms with Crippen LogP contribution in [-0.2, 0) is 23.2 Å². The zero-order valence-corrected chi connectivity index (χ0v) is 16.5. The van der Waals surface area contributed by atoms with Crippen molar-refractivity contribution in [1.82, 2.24) is 34.8 Å². The van der Waals surface area contributed by atoms with Crippen LogP contribution in [0.2, 0.25) is 0 Å². The summed E-state index contributed by atoms with van der Waals surface area (Å²) >= 11 is 0. The standard InChI is InChI=1S/C20H19N7O3/c1-11-21-8-17(25(11)2)14-10-27(24-23-14)15-5-3-4-12-13(15)9-26(20(12)30)16-6-7-18(28)22-19(16)29/h3-5,8,10,16H,6-7,9H2,1-2H3,(H,22,28,29). The van der Waals surface area contributed by atoms with Crippen LogP contribution in [0.25, 0.3) is 17.1 Å². The van der Waals surface area contributed by atoms with E-state index in [2.05, 4.69) is 20.6 Å². The predicted octanol–water partition coefficient (Wildman–Crippen LogP) is 0.737. The molecule has 10 nitrogen and oxygen atoms in total. The summed E-state index contributed by atoms with van der Waals surface area (Å²) in [5.41, 5.74) is 3.55. The largest absolute Gasteiger partial charge is 0.330 e. The number of nitrogens with zero attached hydrogens (tertiary/aromatic N) is 6. The number of rotatable bonds is 3. The maximum atomic E-state index is 13.0. The molecule has 3 amide bonds. The molecule has 0 spiro atoms. The van der Waals surface area contributed by atoms with Crippen molar-refractivity contribution in [3.8, 4) is 17.1 Å². The number of hydrogen-bond donors (Lipinski definition) is 1. The normalized spacial score (nSPS) is 18.7. The highest BCUT2D eigenvalue weighted by molar-refractivity contribution is 6.05. The summed E-state index contributed by atoms with van der Waals surface area (Å²) in [5.74, 6) is -0.0835. The Kier molecular flexibility index (Phi) is 4.02. The first-order valence-corrected chi connectivity index (χ1v) is 9.62. The number of hydrogen-bond acceptors (Lipinski definition) is 6. The topological polar surface area (TPSA) is 115 Å². The molecule has 5 rings (SSSR count). The zero-order chi connectivity index (χ0) is 21.0. The molecule has 1 aromatic carbocycles. The van der Waals surface area contributed by atoms with Crippen LogP contribution in [0.15, 0.2) is 30.6 Å². The van der Waals surface area contributed by atoms with Crippen molar-refractivity contribution < 1.29 is 14.4 Å². The van der Waals surface area contributed by atoms with Crippen LogP contribution >= 0.6 is 0 Å². The number of aryl methyl sites for hydroxylation is 1. The van der Waals surface area contributed by atoms with Gasteiger partial charge in [-0.05, 0) is 25.5 Å². The molecule has 2 aliphatic rings. The maximum absolute atomic E-state index is 13.0. The van der Waals surface area contributed by atoms with Gasteiger partial charge in [0.25, 0.3) is 5.91 Å². The second kappa shape index (κ2) is 6.61. The minimum Gasteiger partial charge on any atom is -0.330 e. The van der Waals surface area contributed by atoms with Crippen LogP contribution in [0.1, 0.15) is 34.6 Å². The molecule has 1 atom stereocenters. The molecule has 30 heavy (non-hydrogen) atoms. The van der Waals surface area contributed by atoms with Gasteiger partial charge in [-0.25, -0.2) is 9.67 Å². The smallest absolute Gasteiger partial charge is 0.255 e. The molecule has 10 heteroatoms. The highest BCUT2D eigenvalue weighted by atomic mass is 16.2. The van der Waals surface area contributed by atoms with Crippen molar-refractivity contribution in [3.63, 3.8) is 0 Å². The number of fused-ring (bicyclic) bond motifs is 1. The van der Waals surface area contributed by atoms with Crippen LogP contribution in [0.4, 0.5) is 0 Å². The molecule has 2 aromatic heterocycles. The van der Waals surface area contributed by atoms with Gasteiger partial charge in [0.1, 0.15) is 17.6 Å². The molecule has 3 aromatic rings. The highest BCUT2D eigenvalue weighted by Gasteiger charge is 2.40. The molecule has 4 heterocycles. The molecule has 1 fully saturated rings. The third-order valence-corrected chi connectivity index (χ3v) is 5.78. The highest BCUT2D eigenvalue weighted by Crippen LogP contribution is 2.31. The molecule has 0 saturated carbocycles. The number of imide groups is 1. The fraction of sp³-hybridized carbons (Fsp3) is 0.300. The van der Waals surface area contributed by atoms with E-state index in [0.717, 1.165) is 22.8 Å². The van der Waals surface area contributed by atoms with Crippen LogP contribution < -0.4 is 5.32 Å². The van der Waals surface area contributed by atoms with E-state index in [1.165, 1.54) is 4.90 Å². The summed E-state index contributed by atoms with van der Waals surface area (Å²) in [6.45, 7) is 2.18. The van der Waals surface area contributed by atoms with Gasteiger partial charge in [-0.15, -0.1) is 5.10 Å². The van der Waals surface area contributed by atoms with Crippen LogP contribution in [0.5, 0.6) is 0 Å². The Morgan fingerprint density at radius 1 is 1.20 bits per heavy atom. The predicted molar refractivity (Wildman–Crippen MR) is 104 cm³/mol. The average Bonchev–Trinajstić information content (AvgIpc) is 3.41. The van der Waals surface area contributed by atoms with Crippen LogP contribution in [0.3, 0.4) is 0 Å². The van der Waals surface area contributed by atoms with Gasteiger partial charge >= 0.3 is 0 Å². The summed E-state index contributed by atoms with van der Waals surface area (Å²) in [7, 11) is 1.91. The molecule has 1 saturated heterocycles. The van der Waals surface area contributed by atoms with Crippen molar-refractivity contribution in [2.24, 2.45) is 7.05 Å². The summed E-state index contributed by atoms with van der Waals surface area (Å²) in [5, 5.41) is 10.8. The lowest BCUT2D eigenvalue weighted by molar-refractivity contribution is -0.136. The number of aromatic nitrogens is 5. The van der Waals surface area contributed by atoms with Gasteiger partial charge in [0, 0.05) is 31.1 Å². The first kappa shape index (κ1) is 18.2. The Morgan fingerprint density at radius 3 is 2.77 bits per heavy atom. The summed E-state index contributed by atoms with van der Waals surface area (Å²) in [6.07, 6.45) is 4.09. The molecule has 1 unspecified atom stereocenters. The van der Waals surface area contributed by atoms with Crippen molar-refractivity contribution in [1.29, 1.82) is 0 Å². The van der Waals surface area contributed by atoms with E-state index in [9.17, 15) is 14.4 Å². The van der Waals surface area contributed by atoms with Gasteiger partial charge in [-0.1, -0.05) is 11.3 Å². The van der Waals surface area contributed by atoms with Gasteiger partial charge < -0.3 is 9.47 Å². The van der Waals surface area contributed by atoms with E-state index < -0.39 is 11.9 Å². The van der Waals surface area contributed by atoms with Gasteiger partial charge in [0.2, 0.25) is 11.8 Å². The van der Waals surface area contributed by atoms with E-state index in [-0.39, 0.29) is 24.8 Å². The number of carbonyl (C=O) groups excluding carboxylic acids is 3. The molecule has 152 valence electrons. The third-order valence-electron chi connectivity index (χ3n) is 5.78. The van der Waals surface area contributed by atoms with E-state index >= 15 is 0 Å². The summed E-state index contributed by atoms with van der Waals surface area (Å²) in [6, 6.07) is 4.75. The number of piperidine rings is 1. The van der Waals surface area contributed by atoms with Gasteiger partial charge in [-0.3, -0.25) is 19.7 Å². The monoisotopic (exact) mass is 405 g/mol. The van der Waals surface area contributed by atoms with Crippen molar-refractivity contribution in [3.05, 3.63) is 47.5 Å². The van der Waals surface area contributed by atoms with Crippen molar-refractivity contribution in [2.75, 3.05) is 0 Å². The number of carbonyl (C=O) groups is 3. The number of amides is 3. The fourth-order valence-electron chi connectivity index (χ4n) is 4.02. The zero-order valence-electron chi connectivity index (χ0n) is 16.5. The minimum absolute atomic E-state index is 0.219. The fourth-order valence-corrected chi connectivity index (χ4v) is 4.02. The first-order chi connectivity index (χ1) is 14.4. The second-order valence-corrected chi connectivity index (χ2v) is 7.50. The Morgan fingerprint density at radius 2 is 2.03 bits per heavy atom. The molecular formula is C20H19N7O3. The Labute approximate surface area is 171 Å². The minimum atomic E-state index is -0.654. The van der Waals surface area contributed by atoms with Gasteiger partial charge in [0.05, 0.1) is 23.8 Å². The van der Waals surface area contributed by atoms with Gasteiger partial charge in [-0.2, -0.15) is 0 Å². The lowest BCUT2D eigenvalue weighted by atomic mass is 10.0. The molecule has 0 aliphatic carbocycles. The molecular weight excluding hydrogens is 386 g/mol. The SMILES string of the molecule is Cc1ncc(-c2cn(-c3cccc4c3CN(C3CCC(=O)NC3=O)C4=O)nn2)n1C. The first-order valence-electron chi connectivity index (χ1n) is 9.62. The number of benzene rings is 1. The van der Waals surface area contributed by atoms with Crippen LogP contribution in [0, 0.1) is 6.92 Å². The Bertz CT molecular complexity index is 1210. The summed E-state index contributed by atoms with van der Waals surface area (Å²) in [4.78, 5) is 42.5. The molecule has 2 aliphatic heterocycles. The van der Waals surface area contributed by atoms with Crippen molar-refractivity contribution >= 4 is 17.7 Å². The van der Waals surface area contributed by atoms with E-state index in [4.69, 9.17) is 0 Å². The molecule has 0 radical (unpaired) electrons. The average molecular weight is 405 g/mol. The van der Waals surface area contributed by atoms with E-state index in [1.54, 1.807) is 29.2 Å². The number of imidazole rings is 1. The van der Waals surface area contributed by atoms with Crippen LogP contribution in [-0.4, -0.2) is 53.2 Å². The van der Waals surface area contributed by atoms with Gasteiger partial charge in [0.15, 0.2) is 0 Å². The number of nitrogens with one attached hydrogen (secondary N) is 1. The lowest BCUT2D eigenvalue weighted by Crippen LogP contribution is -2.52. The van der Waals surface area contributed by atoms with Crippen molar-refractivity contribution in [2.45, 2.75) is 32.4 Å². The van der Waals surface area contributed by atoms with E-state index in [1.807, 2.05) is 24.6 Å². The molecule has 1 N–H and O–H groups in total. The Balaban J connectivity index is 1.49.